The molecule has 0 bridgehead atoms. The molecule has 82 valence electrons. The molecule has 15 heavy (non-hydrogen) atoms. The molecule has 0 N–H and O–H groups in total. The fourth-order valence-corrected chi connectivity index (χ4v) is 0.985. The van der Waals surface area contributed by atoms with Crippen LogP contribution in [0.3, 0.4) is 0 Å². The molecule has 0 unspecified atom stereocenters. The van der Waals surface area contributed by atoms with Crippen molar-refractivity contribution in [3.63, 3.8) is 0 Å². The number of benzene rings is 1. The van der Waals surface area contributed by atoms with Crippen molar-refractivity contribution in [2.75, 3.05) is 0 Å². The van der Waals surface area contributed by atoms with Gasteiger partial charge in [0.15, 0.2) is 0 Å². The second-order valence-corrected chi connectivity index (χ2v) is 2.87. The molecule has 0 aliphatic carbocycles. The first-order chi connectivity index (χ1) is 6.79. The second kappa shape index (κ2) is 4.06. The van der Waals surface area contributed by atoms with E-state index < -0.39 is 23.7 Å². The third kappa shape index (κ3) is 3.39. The van der Waals surface area contributed by atoms with E-state index in [4.69, 9.17) is 11.6 Å². The van der Waals surface area contributed by atoms with Gasteiger partial charge in [-0.15, -0.1) is 13.2 Å². The molecule has 1 aromatic carbocycles. The average Bonchev–Trinajstić information content (AvgIpc) is 2.06. The minimum absolute atomic E-state index is 0.364. The third-order valence-corrected chi connectivity index (χ3v) is 1.70. The monoisotopic (exact) mass is 242 g/mol. The molecule has 0 aromatic heterocycles. The molecule has 0 radical (unpaired) electrons. The van der Waals surface area contributed by atoms with Crippen LogP contribution in [-0.2, 0) is 0 Å². The maximum atomic E-state index is 12.2. The number of carbonyl (C=O) groups is 1. The lowest BCUT2D eigenvalue weighted by atomic mass is 10.2. The van der Waals surface area contributed by atoms with Gasteiger partial charge in [-0.3, -0.25) is 4.79 Å². The Balaban J connectivity index is 3.06. The first kappa shape index (κ1) is 11.8. The highest BCUT2D eigenvalue weighted by Gasteiger charge is 2.32. The standard InChI is InChI=1S/C8H3ClF4O2/c9-5-2-1-4(7(10)14)3-6(5)15-8(11,12)13/h1-3H. The van der Waals surface area contributed by atoms with E-state index in [0.717, 1.165) is 12.1 Å². The first-order valence-corrected chi connectivity index (χ1v) is 3.92. The van der Waals surface area contributed by atoms with E-state index in [0.29, 0.717) is 6.07 Å². The topological polar surface area (TPSA) is 26.3 Å². The SMILES string of the molecule is O=C(F)c1ccc(Cl)c(OC(F)(F)F)c1. The fraction of sp³-hybridized carbons (Fsp3) is 0.125. The summed E-state index contributed by atoms with van der Waals surface area (Å²) in [7, 11) is 0. The molecule has 0 amide bonds. The van der Waals surface area contributed by atoms with E-state index in [9.17, 15) is 22.4 Å². The number of hydrogen-bond donors (Lipinski definition) is 0. The van der Waals surface area contributed by atoms with Crippen LogP contribution < -0.4 is 4.74 Å². The highest BCUT2D eigenvalue weighted by atomic mass is 35.5. The van der Waals surface area contributed by atoms with Gasteiger partial charge >= 0.3 is 12.4 Å². The van der Waals surface area contributed by atoms with Crippen LogP contribution in [0.5, 0.6) is 5.75 Å². The summed E-state index contributed by atoms with van der Waals surface area (Å²) >= 11 is 5.35. The Kier molecular flexibility index (Phi) is 3.18. The molecular weight excluding hydrogens is 240 g/mol. The van der Waals surface area contributed by atoms with Gasteiger partial charge in [-0.2, -0.15) is 4.39 Å². The van der Waals surface area contributed by atoms with E-state index in [1.54, 1.807) is 0 Å². The summed E-state index contributed by atoms with van der Waals surface area (Å²) in [5.41, 5.74) is -0.557. The highest BCUT2D eigenvalue weighted by Crippen LogP contribution is 2.30. The van der Waals surface area contributed by atoms with Gasteiger partial charge in [0.25, 0.3) is 0 Å². The van der Waals surface area contributed by atoms with Crippen LogP contribution in [0.25, 0.3) is 0 Å². The van der Waals surface area contributed by atoms with Crippen LogP contribution in [0, 0.1) is 0 Å². The Morgan fingerprint density at radius 3 is 2.40 bits per heavy atom. The van der Waals surface area contributed by atoms with Crippen LogP contribution in [0.15, 0.2) is 18.2 Å². The average molecular weight is 243 g/mol. The number of hydrogen-bond acceptors (Lipinski definition) is 2. The summed E-state index contributed by atoms with van der Waals surface area (Å²) < 4.78 is 51.0. The molecule has 1 aromatic rings. The zero-order valence-corrected chi connectivity index (χ0v) is 7.69. The van der Waals surface area contributed by atoms with E-state index >= 15 is 0 Å². The van der Waals surface area contributed by atoms with Gasteiger partial charge in [-0.1, -0.05) is 11.6 Å². The number of ether oxygens (including phenoxy) is 1. The molecule has 0 heterocycles. The molecular formula is C8H3ClF4O2. The van der Waals surface area contributed by atoms with Crippen molar-refractivity contribution in [1.82, 2.24) is 0 Å². The van der Waals surface area contributed by atoms with E-state index in [1.807, 2.05) is 0 Å². The Hall–Kier alpha value is -1.30. The minimum atomic E-state index is -4.94. The van der Waals surface area contributed by atoms with Gasteiger partial charge in [0.05, 0.1) is 10.6 Å². The third-order valence-electron chi connectivity index (χ3n) is 1.38. The molecule has 2 nitrogen and oxygen atoms in total. The van der Waals surface area contributed by atoms with Crippen molar-refractivity contribution < 1.29 is 27.1 Å². The van der Waals surface area contributed by atoms with Crippen molar-refractivity contribution in [1.29, 1.82) is 0 Å². The summed E-state index contributed by atoms with van der Waals surface area (Å²) in [6.07, 6.45) is -4.94. The van der Waals surface area contributed by atoms with Crippen LogP contribution in [0.2, 0.25) is 5.02 Å². The molecule has 0 spiro atoms. The zero-order valence-electron chi connectivity index (χ0n) is 6.94. The summed E-state index contributed by atoms with van der Waals surface area (Å²) in [4.78, 5) is 10.2. The summed E-state index contributed by atoms with van der Waals surface area (Å²) in [5, 5.41) is -0.364. The molecule has 7 heteroatoms. The summed E-state index contributed by atoms with van der Waals surface area (Å²) in [5.74, 6) is -0.812. The predicted molar refractivity (Wildman–Crippen MR) is 43.6 cm³/mol. The second-order valence-electron chi connectivity index (χ2n) is 2.47. The predicted octanol–water partition coefficient (Wildman–Crippen LogP) is 3.35. The van der Waals surface area contributed by atoms with Crippen LogP contribution in [0.1, 0.15) is 10.4 Å². The van der Waals surface area contributed by atoms with Gasteiger partial charge in [-0.25, -0.2) is 0 Å². The Bertz CT molecular complexity index is 389. The quantitative estimate of drug-likeness (QED) is 0.587. The Morgan fingerprint density at radius 1 is 1.33 bits per heavy atom. The summed E-state index contributed by atoms with van der Waals surface area (Å²) in [6.45, 7) is 0. The van der Waals surface area contributed by atoms with E-state index in [-0.39, 0.29) is 5.02 Å². The fourth-order valence-electron chi connectivity index (χ4n) is 0.829. The van der Waals surface area contributed by atoms with Gasteiger partial charge < -0.3 is 4.74 Å². The first-order valence-electron chi connectivity index (χ1n) is 3.55. The van der Waals surface area contributed by atoms with Crippen molar-refractivity contribution in [3.05, 3.63) is 28.8 Å². The molecule has 0 aliphatic rings. The number of alkyl halides is 3. The summed E-state index contributed by atoms with van der Waals surface area (Å²) in [6, 6.07) is 0.611. The minimum Gasteiger partial charge on any atom is -0.404 e. The smallest absolute Gasteiger partial charge is 0.404 e. The normalized spacial score (nSPS) is 11.3. The highest BCUT2D eigenvalue weighted by molar-refractivity contribution is 6.32. The molecule has 0 fully saturated rings. The number of halogens is 5. The number of carbonyl (C=O) groups excluding carboxylic acids is 1. The molecule has 0 saturated heterocycles. The largest absolute Gasteiger partial charge is 0.573 e. The van der Waals surface area contributed by atoms with Gasteiger partial charge in [-0.05, 0) is 18.2 Å². The van der Waals surface area contributed by atoms with Gasteiger partial charge in [0, 0.05) is 0 Å². The lowest BCUT2D eigenvalue weighted by molar-refractivity contribution is -0.274. The maximum absolute atomic E-state index is 12.2. The van der Waals surface area contributed by atoms with E-state index in [1.165, 1.54) is 0 Å². The molecule has 0 aliphatic heterocycles. The van der Waals surface area contributed by atoms with Crippen LogP contribution in [0.4, 0.5) is 17.6 Å². The van der Waals surface area contributed by atoms with Crippen LogP contribution in [-0.4, -0.2) is 12.4 Å². The molecule has 1 rings (SSSR count). The van der Waals surface area contributed by atoms with Crippen molar-refractivity contribution in [3.8, 4) is 5.75 Å². The zero-order chi connectivity index (χ0) is 11.6. The van der Waals surface area contributed by atoms with Crippen molar-refractivity contribution in [2.24, 2.45) is 0 Å². The number of rotatable bonds is 2. The van der Waals surface area contributed by atoms with Crippen LogP contribution >= 0.6 is 11.6 Å². The Labute approximate surface area is 86.4 Å². The lowest BCUT2D eigenvalue weighted by Gasteiger charge is -2.10. The lowest BCUT2D eigenvalue weighted by Crippen LogP contribution is -2.17. The molecule has 0 atom stereocenters. The van der Waals surface area contributed by atoms with Gasteiger partial charge in [0.2, 0.25) is 0 Å². The maximum Gasteiger partial charge on any atom is 0.573 e. The van der Waals surface area contributed by atoms with E-state index in [2.05, 4.69) is 4.74 Å². The van der Waals surface area contributed by atoms with Crippen molar-refractivity contribution >= 4 is 17.6 Å². The molecule has 0 saturated carbocycles. The van der Waals surface area contributed by atoms with Crippen molar-refractivity contribution in [2.45, 2.75) is 6.36 Å². The van der Waals surface area contributed by atoms with Gasteiger partial charge in [0.1, 0.15) is 5.75 Å². The Morgan fingerprint density at radius 2 is 1.93 bits per heavy atom.